The summed E-state index contributed by atoms with van der Waals surface area (Å²) in [5, 5.41) is 0. The molecule has 57 heavy (non-hydrogen) atoms. The molecule has 3 N–H and O–H groups in total. The minimum Gasteiger partial charge on any atom is -0.462 e. The number of carbonyl (C=O) groups excluding carboxylic acids is 2. The van der Waals surface area contributed by atoms with Crippen LogP contribution in [-0.2, 0) is 32.7 Å². The molecule has 0 bridgehead atoms. The Kier molecular flexibility index (Phi) is 39.4. The average Bonchev–Trinajstić information content (AvgIpc) is 3.20. The maximum atomic E-state index is 12.5. The van der Waals surface area contributed by atoms with Gasteiger partial charge >= 0.3 is 19.8 Å². The summed E-state index contributed by atoms with van der Waals surface area (Å²) in [6.07, 6.45) is 56.8. The first-order chi connectivity index (χ1) is 27.8. The molecule has 10 heteroatoms. The molecule has 0 aliphatic rings. The van der Waals surface area contributed by atoms with Crippen molar-refractivity contribution in [2.24, 2.45) is 5.73 Å². The van der Waals surface area contributed by atoms with Crippen LogP contribution in [0.15, 0.2) is 122 Å². The Bertz CT molecular complexity index is 1340. The van der Waals surface area contributed by atoms with E-state index in [0.29, 0.717) is 19.3 Å². The predicted octanol–water partition coefficient (Wildman–Crippen LogP) is 12.2. The lowest BCUT2D eigenvalue weighted by Crippen LogP contribution is -2.29. The number of unbranched alkanes of at least 4 members (excludes halogenated alkanes) is 4. The van der Waals surface area contributed by atoms with Crippen LogP contribution in [0.5, 0.6) is 0 Å². The molecule has 0 amide bonds. The molecule has 0 saturated heterocycles. The fourth-order valence-corrected chi connectivity index (χ4v) is 5.53. The van der Waals surface area contributed by atoms with E-state index in [1.165, 1.54) is 25.7 Å². The monoisotopic (exact) mass is 812 g/mol. The van der Waals surface area contributed by atoms with Gasteiger partial charge in [-0.3, -0.25) is 18.6 Å². The molecule has 1 unspecified atom stereocenters. The molecule has 0 fully saturated rings. The zero-order chi connectivity index (χ0) is 41.8. The maximum Gasteiger partial charge on any atom is 0.472 e. The number of phosphoric ester groups is 1. The average molecular weight is 812 g/mol. The molecular formula is C47H74NO8P. The third-order valence-corrected chi connectivity index (χ3v) is 8.83. The van der Waals surface area contributed by atoms with Crippen LogP contribution in [0.1, 0.15) is 129 Å². The summed E-state index contributed by atoms with van der Waals surface area (Å²) >= 11 is 0. The fourth-order valence-electron chi connectivity index (χ4n) is 4.77. The first-order valence-electron chi connectivity index (χ1n) is 21.0. The predicted molar refractivity (Wildman–Crippen MR) is 237 cm³/mol. The molecule has 0 aliphatic carbocycles. The van der Waals surface area contributed by atoms with Crippen molar-refractivity contribution in [1.82, 2.24) is 0 Å². The lowest BCUT2D eigenvalue weighted by Gasteiger charge is -2.19. The number of allylic oxidation sites excluding steroid dienone is 20. The van der Waals surface area contributed by atoms with Gasteiger partial charge in [0.15, 0.2) is 6.10 Å². The van der Waals surface area contributed by atoms with Crippen LogP contribution >= 0.6 is 7.82 Å². The summed E-state index contributed by atoms with van der Waals surface area (Å²) < 4.78 is 32.6. The Labute approximate surface area is 345 Å². The van der Waals surface area contributed by atoms with Crippen molar-refractivity contribution in [3.8, 4) is 0 Å². The van der Waals surface area contributed by atoms with Crippen molar-refractivity contribution < 1.29 is 37.6 Å². The Hall–Kier alpha value is -3.59. The molecule has 0 aromatic rings. The number of rotatable bonds is 37. The molecule has 0 aromatic carbocycles. The first kappa shape index (κ1) is 53.4. The Balaban J connectivity index is 4.43. The molecule has 0 aromatic heterocycles. The van der Waals surface area contributed by atoms with E-state index in [2.05, 4.69) is 117 Å². The summed E-state index contributed by atoms with van der Waals surface area (Å²) in [6, 6.07) is 0. The van der Waals surface area contributed by atoms with Gasteiger partial charge in [0, 0.05) is 19.4 Å². The molecule has 0 rings (SSSR count). The van der Waals surface area contributed by atoms with E-state index < -0.39 is 32.5 Å². The largest absolute Gasteiger partial charge is 0.472 e. The van der Waals surface area contributed by atoms with Crippen LogP contribution in [0.4, 0.5) is 0 Å². The number of phosphoric acid groups is 1. The normalized spacial score (nSPS) is 14.5. The number of carbonyl (C=O) groups is 2. The summed E-state index contributed by atoms with van der Waals surface area (Å²) in [6.45, 7) is 3.40. The molecular weight excluding hydrogens is 737 g/mol. The van der Waals surface area contributed by atoms with E-state index in [4.69, 9.17) is 24.3 Å². The smallest absolute Gasteiger partial charge is 0.462 e. The Morgan fingerprint density at radius 1 is 0.544 bits per heavy atom. The van der Waals surface area contributed by atoms with Gasteiger partial charge in [-0.2, -0.15) is 0 Å². The molecule has 320 valence electrons. The van der Waals surface area contributed by atoms with E-state index in [1.54, 1.807) is 0 Å². The molecule has 2 atom stereocenters. The van der Waals surface area contributed by atoms with Gasteiger partial charge in [-0.15, -0.1) is 0 Å². The lowest BCUT2D eigenvalue weighted by atomic mass is 10.2. The first-order valence-corrected chi connectivity index (χ1v) is 22.5. The van der Waals surface area contributed by atoms with Gasteiger partial charge in [0.1, 0.15) is 6.61 Å². The van der Waals surface area contributed by atoms with Crippen LogP contribution in [0.25, 0.3) is 0 Å². The molecule has 0 spiro atoms. The van der Waals surface area contributed by atoms with Gasteiger partial charge in [0.25, 0.3) is 0 Å². The highest BCUT2D eigenvalue weighted by molar-refractivity contribution is 7.47. The van der Waals surface area contributed by atoms with Crippen molar-refractivity contribution in [3.63, 3.8) is 0 Å². The van der Waals surface area contributed by atoms with E-state index in [0.717, 1.165) is 57.8 Å². The second kappa shape index (κ2) is 42.0. The van der Waals surface area contributed by atoms with Gasteiger partial charge in [-0.25, -0.2) is 4.57 Å². The van der Waals surface area contributed by atoms with E-state index in [1.807, 2.05) is 18.2 Å². The minimum atomic E-state index is -4.42. The number of ether oxygens (including phenoxy) is 2. The Morgan fingerprint density at radius 2 is 0.982 bits per heavy atom. The van der Waals surface area contributed by atoms with Gasteiger partial charge in [-0.05, 0) is 89.9 Å². The van der Waals surface area contributed by atoms with Gasteiger partial charge in [0.2, 0.25) is 0 Å². The third-order valence-electron chi connectivity index (χ3n) is 7.85. The lowest BCUT2D eigenvalue weighted by molar-refractivity contribution is -0.161. The summed E-state index contributed by atoms with van der Waals surface area (Å²) in [5.74, 6) is -1.01. The van der Waals surface area contributed by atoms with Gasteiger partial charge < -0.3 is 20.1 Å². The minimum absolute atomic E-state index is 0.0276. The molecule has 0 radical (unpaired) electrons. The van der Waals surface area contributed by atoms with Crippen LogP contribution in [-0.4, -0.2) is 49.3 Å². The highest BCUT2D eigenvalue weighted by Crippen LogP contribution is 2.43. The van der Waals surface area contributed by atoms with Crippen molar-refractivity contribution in [1.29, 1.82) is 0 Å². The SMILES string of the molecule is CC/C=C\C/C=C\C/C=C\C/C=C\C/C=C\CCCC(=O)O[C@H](COC(=O)CC/C=C\C/C=C\C/C=C\C/C=C\C/C=C\CCCCC)COP(=O)(O)OCCN. The number of nitrogens with two attached hydrogens (primary N) is 1. The zero-order valence-corrected chi connectivity index (χ0v) is 35.9. The number of hydrogen-bond acceptors (Lipinski definition) is 8. The quantitative estimate of drug-likeness (QED) is 0.0272. The second-order valence-electron chi connectivity index (χ2n) is 13.1. The summed E-state index contributed by atoms with van der Waals surface area (Å²) in [4.78, 5) is 34.8. The van der Waals surface area contributed by atoms with Crippen LogP contribution < -0.4 is 5.73 Å². The third kappa shape index (κ3) is 41.9. The van der Waals surface area contributed by atoms with Crippen LogP contribution in [0, 0.1) is 0 Å². The number of esters is 2. The van der Waals surface area contributed by atoms with Crippen molar-refractivity contribution in [2.45, 2.75) is 136 Å². The van der Waals surface area contributed by atoms with Crippen molar-refractivity contribution in [2.75, 3.05) is 26.4 Å². The van der Waals surface area contributed by atoms with Crippen LogP contribution in [0.2, 0.25) is 0 Å². The van der Waals surface area contributed by atoms with Crippen LogP contribution in [0.3, 0.4) is 0 Å². The van der Waals surface area contributed by atoms with Gasteiger partial charge in [0.05, 0.1) is 13.2 Å². The van der Waals surface area contributed by atoms with Crippen molar-refractivity contribution >= 4 is 19.8 Å². The summed E-state index contributed by atoms with van der Waals surface area (Å²) in [5.41, 5.74) is 5.33. The standard InChI is InChI=1S/C47H74NO8P/c1-3-5-7-9-11-13-15-17-19-21-22-24-25-27-29-31-33-35-37-39-46(49)53-43-45(44-55-57(51,52)54-42-41-48)56-47(50)40-38-36-34-32-30-28-26-23-20-18-16-14-12-10-8-6-4-2/h6,8,11-14,17-20,22,24,26-29,32-35,45H,3-5,7,9-10,15-16,21,23,25,30-31,36-44,48H2,1-2H3,(H,51,52)/b8-6-,13-11-,14-12-,19-17-,20-18-,24-22-,28-26-,29-27-,34-32-,35-33-/t45-/m1/s1. The van der Waals surface area contributed by atoms with E-state index in [-0.39, 0.29) is 32.6 Å². The Morgan fingerprint density at radius 3 is 1.44 bits per heavy atom. The highest BCUT2D eigenvalue weighted by Gasteiger charge is 2.25. The van der Waals surface area contributed by atoms with Crippen molar-refractivity contribution in [3.05, 3.63) is 122 Å². The molecule has 0 aliphatic heterocycles. The number of hydrogen-bond donors (Lipinski definition) is 2. The van der Waals surface area contributed by atoms with E-state index >= 15 is 0 Å². The maximum absolute atomic E-state index is 12.5. The van der Waals surface area contributed by atoms with Gasteiger partial charge in [-0.1, -0.05) is 148 Å². The van der Waals surface area contributed by atoms with E-state index in [9.17, 15) is 19.0 Å². The topological polar surface area (TPSA) is 134 Å². The zero-order valence-electron chi connectivity index (χ0n) is 35.0. The summed E-state index contributed by atoms with van der Waals surface area (Å²) in [7, 11) is -4.42. The second-order valence-corrected chi connectivity index (χ2v) is 14.6. The molecule has 0 saturated carbocycles. The fraction of sp³-hybridized carbons (Fsp3) is 0.532. The molecule has 9 nitrogen and oxygen atoms in total. The molecule has 0 heterocycles. The highest BCUT2D eigenvalue weighted by atomic mass is 31.2.